The first-order valence-electron chi connectivity index (χ1n) is 8.51. The second-order valence-electron chi connectivity index (χ2n) is 6.04. The molecule has 1 aromatic heterocycles. The predicted molar refractivity (Wildman–Crippen MR) is 95.2 cm³/mol. The molecule has 1 aliphatic rings. The number of aromatic nitrogens is 2. The molecule has 0 saturated carbocycles. The molecule has 0 spiro atoms. The summed E-state index contributed by atoms with van der Waals surface area (Å²) in [4.78, 5) is 20.3. The van der Waals surface area contributed by atoms with Crippen LogP contribution in [0.3, 0.4) is 0 Å². The van der Waals surface area contributed by atoms with Crippen molar-refractivity contribution in [2.75, 3.05) is 11.9 Å². The molecular weight excluding hydrogens is 319 g/mol. The molecule has 1 aromatic carbocycles. The fraction of sp³-hybridized carbons (Fsp3) is 0.316. The van der Waals surface area contributed by atoms with Crippen LogP contribution in [0.2, 0.25) is 0 Å². The average molecular weight is 340 g/mol. The first-order chi connectivity index (χ1) is 12.2. The van der Waals surface area contributed by atoms with Gasteiger partial charge in [0, 0.05) is 24.6 Å². The van der Waals surface area contributed by atoms with Crippen molar-refractivity contribution in [1.82, 2.24) is 15.3 Å². The minimum absolute atomic E-state index is 0.186. The highest BCUT2D eigenvalue weighted by molar-refractivity contribution is 5.93. The van der Waals surface area contributed by atoms with Crippen molar-refractivity contribution in [3.8, 4) is 0 Å². The number of allylic oxidation sites excluding steroid dienone is 1. The quantitative estimate of drug-likeness (QED) is 0.781. The van der Waals surface area contributed by atoms with E-state index in [2.05, 4.69) is 26.7 Å². The molecule has 0 radical (unpaired) electrons. The Bertz CT molecular complexity index is 758. The fourth-order valence-electron chi connectivity index (χ4n) is 2.78. The third-order valence-corrected chi connectivity index (χ3v) is 4.11. The number of nitrogens with zero attached hydrogens (tertiary/aromatic N) is 2. The van der Waals surface area contributed by atoms with E-state index >= 15 is 0 Å². The van der Waals surface area contributed by atoms with Crippen molar-refractivity contribution in [2.45, 2.75) is 32.1 Å². The van der Waals surface area contributed by atoms with Gasteiger partial charge < -0.3 is 10.6 Å². The Morgan fingerprint density at radius 3 is 2.76 bits per heavy atom. The molecule has 6 heteroatoms. The lowest BCUT2D eigenvalue weighted by molar-refractivity contribution is 0.0953. The predicted octanol–water partition coefficient (Wildman–Crippen LogP) is 3.98. The maximum Gasteiger partial charge on any atom is 0.254 e. The highest BCUT2D eigenvalue weighted by Crippen LogP contribution is 2.19. The van der Waals surface area contributed by atoms with E-state index in [1.165, 1.54) is 42.9 Å². The number of anilines is 2. The van der Waals surface area contributed by atoms with E-state index < -0.39 is 0 Å². The van der Waals surface area contributed by atoms with E-state index in [9.17, 15) is 9.18 Å². The Kier molecular flexibility index (Phi) is 5.72. The molecule has 0 fully saturated rings. The molecule has 2 N–H and O–H groups in total. The zero-order valence-corrected chi connectivity index (χ0v) is 14.0. The number of benzene rings is 1. The van der Waals surface area contributed by atoms with Gasteiger partial charge >= 0.3 is 0 Å². The molecule has 3 rings (SSSR count). The van der Waals surface area contributed by atoms with Gasteiger partial charge in [0.1, 0.15) is 5.82 Å². The van der Waals surface area contributed by atoms with Crippen LogP contribution in [0, 0.1) is 5.82 Å². The maximum absolute atomic E-state index is 13.2. The topological polar surface area (TPSA) is 66.9 Å². The van der Waals surface area contributed by atoms with Gasteiger partial charge in [0.15, 0.2) is 0 Å². The number of halogens is 1. The molecule has 1 heterocycles. The number of carbonyl (C=O) groups excluding carboxylic acids is 1. The fourth-order valence-corrected chi connectivity index (χ4v) is 2.78. The van der Waals surface area contributed by atoms with Crippen LogP contribution in [0.1, 0.15) is 42.5 Å². The Morgan fingerprint density at radius 1 is 1.20 bits per heavy atom. The summed E-state index contributed by atoms with van der Waals surface area (Å²) in [6, 6.07) is 6.03. The van der Waals surface area contributed by atoms with Crippen LogP contribution in [0.4, 0.5) is 16.0 Å². The smallest absolute Gasteiger partial charge is 0.254 e. The molecule has 2 aromatic rings. The van der Waals surface area contributed by atoms with E-state index in [0.717, 1.165) is 19.3 Å². The Balaban J connectivity index is 1.51. The lowest BCUT2D eigenvalue weighted by Gasteiger charge is -2.13. The molecule has 1 aliphatic carbocycles. The summed E-state index contributed by atoms with van der Waals surface area (Å²) >= 11 is 0. The van der Waals surface area contributed by atoms with Gasteiger partial charge in [0.2, 0.25) is 5.95 Å². The number of nitrogens with one attached hydrogen (secondary N) is 2. The zero-order valence-electron chi connectivity index (χ0n) is 14.0. The van der Waals surface area contributed by atoms with Crippen molar-refractivity contribution in [1.29, 1.82) is 0 Å². The molecule has 0 aliphatic heterocycles. The minimum atomic E-state index is -0.339. The second kappa shape index (κ2) is 8.37. The first-order valence-corrected chi connectivity index (χ1v) is 8.51. The highest BCUT2D eigenvalue weighted by Gasteiger charge is 2.08. The summed E-state index contributed by atoms with van der Waals surface area (Å²) < 4.78 is 13.2. The van der Waals surface area contributed by atoms with Crippen LogP contribution in [0.25, 0.3) is 0 Å². The van der Waals surface area contributed by atoms with Gasteiger partial charge in [-0.2, -0.15) is 0 Å². The largest absolute Gasteiger partial charge is 0.352 e. The van der Waals surface area contributed by atoms with Crippen molar-refractivity contribution in [2.24, 2.45) is 0 Å². The number of amides is 1. The first kappa shape index (κ1) is 17.1. The van der Waals surface area contributed by atoms with Crippen molar-refractivity contribution in [3.63, 3.8) is 0 Å². The minimum Gasteiger partial charge on any atom is -0.352 e. The van der Waals surface area contributed by atoms with Gasteiger partial charge in [-0.1, -0.05) is 17.7 Å². The van der Waals surface area contributed by atoms with Crippen molar-refractivity contribution in [3.05, 3.63) is 59.7 Å². The zero-order chi connectivity index (χ0) is 17.5. The van der Waals surface area contributed by atoms with E-state index in [1.807, 2.05) is 0 Å². The highest BCUT2D eigenvalue weighted by atomic mass is 19.1. The van der Waals surface area contributed by atoms with Gasteiger partial charge in [0.25, 0.3) is 5.91 Å². The monoisotopic (exact) mass is 340 g/mol. The SMILES string of the molecule is O=C(NCCC1=CCCCC1)c1cnc(Nc2cccc(F)c2)nc1. The summed E-state index contributed by atoms with van der Waals surface area (Å²) in [7, 11) is 0. The molecule has 5 nitrogen and oxygen atoms in total. The summed E-state index contributed by atoms with van der Waals surface area (Å²) in [5.41, 5.74) is 2.39. The maximum atomic E-state index is 13.2. The van der Waals surface area contributed by atoms with Gasteiger partial charge in [-0.15, -0.1) is 0 Å². The van der Waals surface area contributed by atoms with Crippen LogP contribution in [0.5, 0.6) is 0 Å². The Hall–Kier alpha value is -2.76. The van der Waals surface area contributed by atoms with Crippen LogP contribution in [0.15, 0.2) is 48.3 Å². The van der Waals surface area contributed by atoms with Gasteiger partial charge in [0.05, 0.1) is 5.56 Å². The molecule has 0 unspecified atom stereocenters. The van der Waals surface area contributed by atoms with E-state index in [0.29, 0.717) is 23.7 Å². The average Bonchev–Trinajstić information content (AvgIpc) is 2.63. The third kappa shape index (κ3) is 5.11. The van der Waals surface area contributed by atoms with Crippen LogP contribution in [-0.4, -0.2) is 22.4 Å². The number of hydrogen-bond donors (Lipinski definition) is 2. The second-order valence-corrected chi connectivity index (χ2v) is 6.04. The molecule has 130 valence electrons. The normalized spacial score (nSPS) is 13.9. The lowest BCUT2D eigenvalue weighted by Crippen LogP contribution is -2.25. The molecule has 25 heavy (non-hydrogen) atoms. The molecule has 0 bridgehead atoms. The van der Waals surface area contributed by atoms with Crippen LogP contribution < -0.4 is 10.6 Å². The summed E-state index contributed by atoms with van der Waals surface area (Å²) in [5.74, 6) is -0.211. The Labute approximate surface area is 146 Å². The Morgan fingerprint density at radius 2 is 2.04 bits per heavy atom. The number of carbonyl (C=O) groups is 1. The van der Waals surface area contributed by atoms with Crippen molar-refractivity contribution < 1.29 is 9.18 Å². The van der Waals surface area contributed by atoms with E-state index in [1.54, 1.807) is 12.1 Å². The van der Waals surface area contributed by atoms with E-state index in [-0.39, 0.29) is 11.7 Å². The van der Waals surface area contributed by atoms with Crippen LogP contribution >= 0.6 is 0 Å². The molecule has 0 saturated heterocycles. The van der Waals surface area contributed by atoms with Crippen LogP contribution in [-0.2, 0) is 0 Å². The number of hydrogen-bond acceptors (Lipinski definition) is 4. The molecule has 1 amide bonds. The summed E-state index contributed by atoms with van der Waals surface area (Å²) in [6.07, 6.45) is 10.9. The number of rotatable bonds is 6. The summed E-state index contributed by atoms with van der Waals surface area (Å²) in [6.45, 7) is 0.619. The van der Waals surface area contributed by atoms with E-state index in [4.69, 9.17) is 0 Å². The summed E-state index contributed by atoms with van der Waals surface area (Å²) in [5, 5.41) is 5.79. The molecular formula is C19H21FN4O. The van der Waals surface area contributed by atoms with Crippen molar-refractivity contribution >= 4 is 17.5 Å². The van der Waals surface area contributed by atoms with Gasteiger partial charge in [-0.3, -0.25) is 4.79 Å². The molecule has 0 atom stereocenters. The third-order valence-electron chi connectivity index (χ3n) is 4.11. The standard InChI is InChI=1S/C19H21FN4O/c20-16-7-4-8-17(11-16)24-19-22-12-15(13-23-19)18(25)21-10-9-14-5-2-1-3-6-14/h4-5,7-8,11-13H,1-3,6,9-10H2,(H,21,25)(H,22,23,24). The van der Waals surface area contributed by atoms with Gasteiger partial charge in [-0.25, -0.2) is 14.4 Å². The van der Waals surface area contributed by atoms with Gasteiger partial charge in [-0.05, 0) is 50.3 Å². The lowest BCUT2D eigenvalue weighted by atomic mass is 9.97.